The summed E-state index contributed by atoms with van der Waals surface area (Å²) in [6.07, 6.45) is 13.9. The molecule has 3 aliphatic rings. The zero-order valence-corrected chi connectivity index (χ0v) is 16.1. The van der Waals surface area contributed by atoms with Gasteiger partial charge in [-0.15, -0.1) is 0 Å². The highest BCUT2D eigenvalue weighted by molar-refractivity contribution is 6.11. The SMILES string of the molecule is CCC1CCC2CCCc3[nH]c(C=C4N=C(c5ccc[nH]5)C=C4OC)c1c32. The Kier molecular flexibility index (Phi) is 4.07. The lowest BCUT2D eigenvalue weighted by Crippen LogP contribution is -2.17. The van der Waals surface area contributed by atoms with Gasteiger partial charge in [-0.1, -0.05) is 6.92 Å². The van der Waals surface area contributed by atoms with Crippen LogP contribution in [0, 0.1) is 0 Å². The van der Waals surface area contributed by atoms with Crippen LogP contribution < -0.4 is 0 Å². The average molecular weight is 361 g/mol. The molecule has 4 nitrogen and oxygen atoms in total. The Balaban J connectivity index is 1.61. The first-order valence-corrected chi connectivity index (χ1v) is 10.2. The highest BCUT2D eigenvalue weighted by Crippen LogP contribution is 2.48. The minimum absolute atomic E-state index is 0.662. The number of ether oxygens (including phenoxy) is 1. The maximum atomic E-state index is 5.64. The molecule has 0 fully saturated rings. The number of allylic oxidation sites excluding steroid dienone is 1. The van der Waals surface area contributed by atoms with Gasteiger partial charge >= 0.3 is 0 Å². The van der Waals surface area contributed by atoms with Crippen LogP contribution in [-0.2, 0) is 11.2 Å². The number of aromatic nitrogens is 2. The van der Waals surface area contributed by atoms with Crippen molar-refractivity contribution in [1.82, 2.24) is 9.97 Å². The van der Waals surface area contributed by atoms with Crippen molar-refractivity contribution in [2.45, 2.75) is 57.3 Å². The molecule has 2 aliphatic carbocycles. The Morgan fingerprint density at radius 1 is 1.26 bits per heavy atom. The topological polar surface area (TPSA) is 53.2 Å². The minimum atomic E-state index is 0.662. The summed E-state index contributed by atoms with van der Waals surface area (Å²) in [6.45, 7) is 2.32. The standard InChI is InChI=1S/C23H27N3O/c1-3-14-9-10-15-6-4-7-17-23(15)22(14)20(25-17)12-19-21(27-2)13-18(26-19)16-8-5-11-24-16/h5,8,11-15,24-25H,3-4,6-7,9-10H2,1-2H3. The van der Waals surface area contributed by atoms with E-state index in [2.05, 4.69) is 23.0 Å². The van der Waals surface area contributed by atoms with Crippen molar-refractivity contribution in [1.29, 1.82) is 0 Å². The van der Waals surface area contributed by atoms with Gasteiger partial charge in [-0.2, -0.15) is 0 Å². The fraction of sp³-hybridized carbons (Fsp3) is 0.435. The number of aliphatic imine (C=N–C) groups is 1. The van der Waals surface area contributed by atoms with Gasteiger partial charge in [0.1, 0.15) is 11.5 Å². The maximum absolute atomic E-state index is 5.64. The summed E-state index contributed by atoms with van der Waals surface area (Å²) in [7, 11) is 1.72. The number of aryl methyl sites for hydroxylation is 1. The monoisotopic (exact) mass is 361 g/mol. The van der Waals surface area contributed by atoms with Crippen LogP contribution in [0.3, 0.4) is 0 Å². The number of rotatable bonds is 4. The first-order chi connectivity index (χ1) is 13.3. The van der Waals surface area contributed by atoms with E-state index in [0.717, 1.165) is 28.8 Å². The minimum Gasteiger partial charge on any atom is -0.494 e. The van der Waals surface area contributed by atoms with Crippen LogP contribution in [0.2, 0.25) is 0 Å². The molecular formula is C23H27N3O. The predicted octanol–water partition coefficient (Wildman–Crippen LogP) is 5.42. The molecule has 27 heavy (non-hydrogen) atoms. The smallest absolute Gasteiger partial charge is 0.146 e. The molecule has 2 atom stereocenters. The molecule has 3 heterocycles. The Morgan fingerprint density at radius 2 is 2.19 bits per heavy atom. The molecule has 5 rings (SSSR count). The summed E-state index contributed by atoms with van der Waals surface area (Å²) in [4.78, 5) is 11.9. The van der Waals surface area contributed by atoms with Crippen LogP contribution in [0.1, 0.15) is 79.1 Å². The molecule has 2 aromatic rings. The van der Waals surface area contributed by atoms with Crippen molar-refractivity contribution in [3.8, 4) is 0 Å². The number of H-pyrrole nitrogens is 2. The lowest BCUT2D eigenvalue weighted by molar-refractivity contribution is 0.303. The van der Waals surface area contributed by atoms with E-state index < -0.39 is 0 Å². The third kappa shape index (κ3) is 2.70. The maximum Gasteiger partial charge on any atom is 0.146 e. The second-order valence-electron chi connectivity index (χ2n) is 7.94. The van der Waals surface area contributed by atoms with Crippen molar-refractivity contribution in [2.24, 2.45) is 4.99 Å². The molecule has 0 radical (unpaired) electrons. The molecule has 2 unspecified atom stereocenters. The van der Waals surface area contributed by atoms with Gasteiger partial charge in [0.2, 0.25) is 0 Å². The molecule has 140 valence electrons. The van der Waals surface area contributed by atoms with E-state index in [1.165, 1.54) is 49.9 Å². The Hall–Kier alpha value is -2.49. The predicted molar refractivity (Wildman–Crippen MR) is 109 cm³/mol. The Labute approximate surface area is 160 Å². The summed E-state index contributed by atoms with van der Waals surface area (Å²) >= 11 is 0. The zero-order valence-electron chi connectivity index (χ0n) is 16.1. The molecular weight excluding hydrogens is 334 g/mol. The first kappa shape index (κ1) is 16.7. The fourth-order valence-electron chi connectivity index (χ4n) is 5.18. The molecule has 2 N–H and O–H groups in total. The summed E-state index contributed by atoms with van der Waals surface area (Å²) in [5.41, 5.74) is 8.79. The van der Waals surface area contributed by atoms with E-state index in [0.29, 0.717) is 5.92 Å². The molecule has 2 aromatic heterocycles. The van der Waals surface area contributed by atoms with Crippen molar-refractivity contribution in [3.05, 3.63) is 64.1 Å². The second kappa shape index (κ2) is 6.59. The summed E-state index contributed by atoms with van der Waals surface area (Å²) < 4.78 is 5.64. The van der Waals surface area contributed by atoms with Gasteiger partial charge in [-0.3, -0.25) is 0 Å². The third-order valence-corrected chi connectivity index (χ3v) is 6.48. The molecule has 4 heteroatoms. The number of hydrogen-bond donors (Lipinski definition) is 2. The number of hydrogen-bond acceptors (Lipinski definition) is 2. The largest absolute Gasteiger partial charge is 0.494 e. The Morgan fingerprint density at radius 3 is 2.96 bits per heavy atom. The average Bonchev–Trinajstić information content (AvgIpc) is 3.42. The van der Waals surface area contributed by atoms with E-state index in [1.54, 1.807) is 18.2 Å². The van der Waals surface area contributed by atoms with Crippen LogP contribution in [0.15, 0.2) is 40.9 Å². The number of aromatic amines is 2. The lowest BCUT2D eigenvalue weighted by atomic mass is 9.71. The van der Waals surface area contributed by atoms with Gasteiger partial charge in [0, 0.05) is 23.7 Å². The van der Waals surface area contributed by atoms with Crippen LogP contribution in [-0.4, -0.2) is 22.8 Å². The van der Waals surface area contributed by atoms with Crippen LogP contribution in [0.25, 0.3) is 6.08 Å². The van der Waals surface area contributed by atoms with Crippen LogP contribution in [0.5, 0.6) is 0 Å². The lowest BCUT2D eigenvalue weighted by Gasteiger charge is -2.32. The van der Waals surface area contributed by atoms with Crippen LogP contribution >= 0.6 is 0 Å². The van der Waals surface area contributed by atoms with Crippen molar-refractivity contribution in [3.63, 3.8) is 0 Å². The quantitative estimate of drug-likeness (QED) is 0.750. The van der Waals surface area contributed by atoms with Crippen molar-refractivity contribution in [2.75, 3.05) is 7.11 Å². The van der Waals surface area contributed by atoms with Gasteiger partial charge in [-0.25, -0.2) is 4.99 Å². The molecule has 0 spiro atoms. The van der Waals surface area contributed by atoms with Gasteiger partial charge in [0.15, 0.2) is 0 Å². The molecule has 0 bridgehead atoms. The third-order valence-electron chi connectivity index (χ3n) is 6.48. The van der Waals surface area contributed by atoms with Crippen LogP contribution in [0.4, 0.5) is 0 Å². The fourth-order valence-corrected chi connectivity index (χ4v) is 5.18. The summed E-state index contributed by atoms with van der Waals surface area (Å²) in [5.74, 6) is 2.25. The Bertz CT molecular complexity index is 943. The van der Waals surface area contributed by atoms with E-state index in [1.807, 2.05) is 24.4 Å². The molecule has 0 saturated carbocycles. The van der Waals surface area contributed by atoms with Gasteiger partial charge in [0.25, 0.3) is 0 Å². The van der Waals surface area contributed by atoms with Crippen molar-refractivity contribution < 1.29 is 4.74 Å². The highest BCUT2D eigenvalue weighted by atomic mass is 16.5. The summed E-state index contributed by atoms with van der Waals surface area (Å²) in [6, 6.07) is 4.04. The van der Waals surface area contributed by atoms with Crippen molar-refractivity contribution >= 4 is 11.8 Å². The number of methoxy groups -OCH3 is 1. The summed E-state index contributed by atoms with van der Waals surface area (Å²) in [5, 5.41) is 0. The first-order valence-electron chi connectivity index (χ1n) is 10.2. The van der Waals surface area contributed by atoms with Gasteiger partial charge in [-0.05, 0) is 79.7 Å². The second-order valence-corrected chi connectivity index (χ2v) is 7.94. The van der Waals surface area contributed by atoms with E-state index in [4.69, 9.17) is 9.73 Å². The molecule has 0 saturated heterocycles. The van der Waals surface area contributed by atoms with E-state index >= 15 is 0 Å². The number of nitrogens with zero attached hydrogens (tertiary/aromatic N) is 1. The van der Waals surface area contributed by atoms with Gasteiger partial charge in [0.05, 0.1) is 18.5 Å². The molecule has 0 aromatic carbocycles. The zero-order chi connectivity index (χ0) is 18.4. The van der Waals surface area contributed by atoms with E-state index in [9.17, 15) is 0 Å². The number of nitrogens with one attached hydrogen (secondary N) is 2. The van der Waals surface area contributed by atoms with Gasteiger partial charge < -0.3 is 14.7 Å². The molecule has 1 aliphatic heterocycles. The van der Waals surface area contributed by atoms with E-state index in [-0.39, 0.29) is 0 Å². The molecule has 0 amide bonds. The normalized spacial score (nSPS) is 25.3. The highest BCUT2D eigenvalue weighted by Gasteiger charge is 2.34.